The molecule has 0 aliphatic carbocycles. The van der Waals surface area contributed by atoms with Crippen LogP contribution in [0.3, 0.4) is 0 Å². The highest BCUT2D eigenvalue weighted by atomic mass is 16.6. The molecule has 0 heterocycles. The monoisotopic (exact) mass is 314 g/mol. The molecule has 0 radical (unpaired) electrons. The van der Waals surface area contributed by atoms with E-state index in [9.17, 15) is 14.4 Å². The van der Waals surface area contributed by atoms with Gasteiger partial charge in [0, 0.05) is 17.7 Å². The van der Waals surface area contributed by atoms with E-state index in [0.29, 0.717) is 6.42 Å². The average molecular weight is 314 g/mol. The molecule has 120 valence electrons. The van der Waals surface area contributed by atoms with E-state index in [1.54, 1.807) is 6.08 Å². The van der Waals surface area contributed by atoms with Crippen molar-refractivity contribution in [3.63, 3.8) is 0 Å². The van der Waals surface area contributed by atoms with Crippen LogP contribution in [0.15, 0.2) is 73.9 Å². The molecule has 0 saturated heterocycles. The average Bonchev–Trinajstić information content (AvgIpc) is 2.55. The van der Waals surface area contributed by atoms with Gasteiger partial charge in [-0.15, -0.1) is 0 Å². The highest BCUT2D eigenvalue weighted by Gasteiger charge is 2.00. The Morgan fingerprint density at radius 2 is 1.57 bits per heavy atom. The van der Waals surface area contributed by atoms with Crippen molar-refractivity contribution in [1.82, 2.24) is 0 Å². The summed E-state index contributed by atoms with van der Waals surface area (Å²) < 4.78 is 4.03. The van der Waals surface area contributed by atoms with Crippen LogP contribution in [0.4, 0.5) is 0 Å². The van der Waals surface area contributed by atoms with Crippen molar-refractivity contribution in [3.05, 3.63) is 79.4 Å². The SMILES string of the molecule is C=C(CC=Cc1ccccc1)C(=O)O.C=CC(=O)OC(=O)C=C. The fourth-order valence-corrected chi connectivity index (χ4v) is 1.17. The van der Waals surface area contributed by atoms with E-state index in [0.717, 1.165) is 17.7 Å². The lowest BCUT2D eigenvalue weighted by Gasteiger charge is -1.93. The quantitative estimate of drug-likeness (QED) is 0.495. The van der Waals surface area contributed by atoms with Gasteiger partial charge in [-0.05, 0) is 12.0 Å². The Balaban J connectivity index is 0.000000468. The van der Waals surface area contributed by atoms with Crippen LogP contribution in [-0.4, -0.2) is 23.0 Å². The third-order valence-electron chi connectivity index (χ3n) is 2.31. The first kappa shape index (κ1) is 19.8. The smallest absolute Gasteiger partial charge is 0.338 e. The van der Waals surface area contributed by atoms with Gasteiger partial charge in [-0.3, -0.25) is 0 Å². The van der Waals surface area contributed by atoms with Crippen molar-refractivity contribution in [2.75, 3.05) is 0 Å². The summed E-state index contributed by atoms with van der Waals surface area (Å²) in [6.07, 6.45) is 5.87. The second-order valence-electron chi connectivity index (χ2n) is 4.07. The number of carboxylic acids is 1. The van der Waals surface area contributed by atoms with Gasteiger partial charge in [-0.1, -0.05) is 62.2 Å². The van der Waals surface area contributed by atoms with Crippen molar-refractivity contribution in [1.29, 1.82) is 0 Å². The van der Waals surface area contributed by atoms with Crippen LogP contribution >= 0.6 is 0 Å². The first-order valence-corrected chi connectivity index (χ1v) is 6.54. The van der Waals surface area contributed by atoms with Crippen LogP contribution in [0.2, 0.25) is 0 Å². The first-order chi connectivity index (χ1) is 10.9. The number of ether oxygens (including phenoxy) is 1. The molecule has 0 unspecified atom stereocenters. The molecule has 0 fully saturated rings. The van der Waals surface area contributed by atoms with Crippen LogP contribution in [0, 0.1) is 0 Å². The second kappa shape index (κ2) is 11.4. The molecule has 0 amide bonds. The van der Waals surface area contributed by atoms with Crippen LogP contribution in [-0.2, 0) is 19.1 Å². The Bertz CT molecular complexity index is 594. The highest BCUT2D eigenvalue weighted by Crippen LogP contribution is 2.05. The van der Waals surface area contributed by atoms with Gasteiger partial charge >= 0.3 is 17.9 Å². The number of rotatable bonds is 6. The Hall–Kier alpha value is -3.21. The molecule has 0 aliphatic rings. The van der Waals surface area contributed by atoms with Gasteiger partial charge < -0.3 is 9.84 Å². The van der Waals surface area contributed by atoms with Crippen molar-refractivity contribution >= 4 is 24.0 Å². The zero-order valence-electron chi connectivity index (χ0n) is 12.6. The van der Waals surface area contributed by atoms with Gasteiger partial charge in [-0.25, -0.2) is 14.4 Å². The van der Waals surface area contributed by atoms with Crippen molar-refractivity contribution in [3.8, 4) is 0 Å². The summed E-state index contributed by atoms with van der Waals surface area (Å²) in [6.45, 7) is 9.61. The van der Waals surface area contributed by atoms with Gasteiger partial charge in [0.05, 0.1) is 0 Å². The third-order valence-corrected chi connectivity index (χ3v) is 2.31. The van der Waals surface area contributed by atoms with Gasteiger partial charge in [0.2, 0.25) is 0 Å². The van der Waals surface area contributed by atoms with E-state index in [4.69, 9.17) is 5.11 Å². The van der Waals surface area contributed by atoms with Gasteiger partial charge in [-0.2, -0.15) is 0 Å². The molecule has 0 aromatic heterocycles. The summed E-state index contributed by atoms with van der Waals surface area (Å²) in [5, 5.41) is 8.55. The number of benzene rings is 1. The number of carbonyl (C=O) groups excluding carboxylic acids is 2. The summed E-state index contributed by atoms with van der Waals surface area (Å²) >= 11 is 0. The normalized spacial score (nSPS) is 9.22. The van der Waals surface area contributed by atoms with E-state index in [1.807, 2.05) is 36.4 Å². The lowest BCUT2D eigenvalue weighted by Crippen LogP contribution is -2.05. The number of aliphatic carboxylic acids is 1. The topological polar surface area (TPSA) is 80.7 Å². The Labute approximate surface area is 134 Å². The summed E-state index contributed by atoms with van der Waals surface area (Å²) in [6, 6.07) is 9.73. The van der Waals surface area contributed by atoms with Gasteiger partial charge in [0.1, 0.15) is 0 Å². The van der Waals surface area contributed by atoms with Gasteiger partial charge in [0.15, 0.2) is 0 Å². The molecular formula is C18H18O5. The number of carbonyl (C=O) groups is 3. The van der Waals surface area contributed by atoms with Crippen LogP contribution in [0.5, 0.6) is 0 Å². The highest BCUT2D eigenvalue weighted by molar-refractivity contribution is 5.95. The Morgan fingerprint density at radius 3 is 2.00 bits per heavy atom. The molecule has 0 bridgehead atoms. The molecule has 0 saturated carbocycles. The minimum absolute atomic E-state index is 0.206. The molecule has 23 heavy (non-hydrogen) atoms. The lowest BCUT2D eigenvalue weighted by molar-refractivity contribution is -0.152. The fourth-order valence-electron chi connectivity index (χ4n) is 1.17. The van der Waals surface area contributed by atoms with Crippen LogP contribution in [0.1, 0.15) is 12.0 Å². The van der Waals surface area contributed by atoms with Crippen molar-refractivity contribution in [2.24, 2.45) is 0 Å². The molecule has 5 nitrogen and oxygen atoms in total. The van der Waals surface area contributed by atoms with E-state index in [1.165, 1.54) is 0 Å². The number of hydrogen-bond acceptors (Lipinski definition) is 4. The van der Waals surface area contributed by atoms with Gasteiger partial charge in [0.25, 0.3) is 0 Å². The zero-order chi connectivity index (χ0) is 17.7. The number of hydrogen-bond donors (Lipinski definition) is 1. The second-order valence-corrected chi connectivity index (χ2v) is 4.07. The predicted molar refractivity (Wildman–Crippen MR) is 88.4 cm³/mol. The molecule has 1 aromatic carbocycles. The maximum atomic E-state index is 10.4. The van der Waals surface area contributed by atoms with E-state index < -0.39 is 17.9 Å². The third kappa shape index (κ3) is 10.2. The summed E-state index contributed by atoms with van der Waals surface area (Å²) in [7, 11) is 0. The van der Waals surface area contributed by atoms with Crippen molar-refractivity contribution in [2.45, 2.75) is 6.42 Å². The fraction of sp³-hybridized carbons (Fsp3) is 0.0556. The Kier molecular flexibility index (Phi) is 9.85. The number of allylic oxidation sites excluding steroid dienone is 1. The largest absolute Gasteiger partial charge is 0.478 e. The van der Waals surface area contributed by atoms with Crippen LogP contribution < -0.4 is 0 Å². The molecule has 1 rings (SSSR count). The minimum atomic E-state index is -0.942. The Morgan fingerprint density at radius 1 is 1.04 bits per heavy atom. The van der Waals surface area contributed by atoms with E-state index in [-0.39, 0.29) is 5.57 Å². The van der Waals surface area contributed by atoms with Crippen molar-refractivity contribution < 1.29 is 24.2 Å². The minimum Gasteiger partial charge on any atom is -0.478 e. The van der Waals surface area contributed by atoms with Crippen LogP contribution in [0.25, 0.3) is 6.08 Å². The molecular weight excluding hydrogens is 296 g/mol. The number of esters is 2. The summed E-state index contributed by atoms with van der Waals surface area (Å²) in [5.41, 5.74) is 1.27. The maximum Gasteiger partial charge on any atom is 0.338 e. The number of carboxylic acid groups (broad SMARTS) is 1. The molecule has 1 N–H and O–H groups in total. The maximum absolute atomic E-state index is 10.4. The van der Waals surface area contributed by atoms with E-state index in [2.05, 4.69) is 24.5 Å². The lowest BCUT2D eigenvalue weighted by atomic mass is 10.1. The molecule has 0 spiro atoms. The molecule has 1 aromatic rings. The zero-order valence-corrected chi connectivity index (χ0v) is 12.6. The standard InChI is InChI=1S/C12H12O2.C6H6O3/c1-10(12(13)14)6-5-9-11-7-3-2-4-8-11;1-3-5(7)9-6(8)4-2/h2-5,7-9H,1,6H2,(H,13,14);3-4H,1-2H2. The first-order valence-electron chi connectivity index (χ1n) is 6.54. The molecule has 5 heteroatoms. The predicted octanol–water partition coefficient (Wildman–Crippen LogP) is 3.16. The molecule has 0 atom stereocenters. The molecule has 0 aliphatic heterocycles. The summed E-state index contributed by atoms with van der Waals surface area (Å²) in [4.78, 5) is 30.8. The summed E-state index contributed by atoms with van der Waals surface area (Å²) in [5.74, 6) is -2.47. The van der Waals surface area contributed by atoms with E-state index >= 15 is 0 Å².